The number of nitrogens with zero attached hydrogens (tertiary/aromatic N) is 1. The summed E-state index contributed by atoms with van der Waals surface area (Å²) in [5.74, 6) is 0. The zero-order valence-electron chi connectivity index (χ0n) is 12.5. The van der Waals surface area contributed by atoms with Gasteiger partial charge in [-0.15, -0.1) is 11.3 Å². The van der Waals surface area contributed by atoms with Crippen molar-refractivity contribution >= 4 is 31.2 Å². The van der Waals surface area contributed by atoms with Crippen molar-refractivity contribution in [2.75, 3.05) is 13.3 Å². The van der Waals surface area contributed by atoms with Crippen LogP contribution in [0.2, 0.25) is 0 Å². The number of hydrogen-bond donors (Lipinski definition) is 0. The molecule has 0 atom stereocenters. The fraction of sp³-hybridized carbons (Fsp3) is 0.286. The molecule has 0 aliphatic rings. The van der Waals surface area contributed by atoms with E-state index in [-0.39, 0.29) is 9.79 Å². The largest absolute Gasteiger partial charge is 0.243 e. The van der Waals surface area contributed by atoms with Crippen LogP contribution in [0.1, 0.15) is 10.4 Å². The van der Waals surface area contributed by atoms with Crippen molar-refractivity contribution < 1.29 is 16.8 Å². The Bertz CT molecular complexity index is 865. The Morgan fingerprint density at radius 2 is 1.55 bits per heavy atom. The third kappa shape index (κ3) is 3.57. The highest BCUT2D eigenvalue weighted by atomic mass is 32.2. The number of sulfone groups is 1. The molecular formula is C14H17NO4S3. The number of benzene rings is 1. The molecule has 0 saturated carbocycles. The van der Waals surface area contributed by atoms with Gasteiger partial charge in [-0.3, -0.25) is 0 Å². The summed E-state index contributed by atoms with van der Waals surface area (Å²) in [7, 11) is -5.47. The van der Waals surface area contributed by atoms with E-state index in [1.165, 1.54) is 47.0 Å². The summed E-state index contributed by atoms with van der Waals surface area (Å²) >= 11 is 1.51. The molecule has 0 aliphatic carbocycles. The van der Waals surface area contributed by atoms with Gasteiger partial charge in [0.25, 0.3) is 0 Å². The zero-order valence-corrected chi connectivity index (χ0v) is 14.9. The highest BCUT2D eigenvalue weighted by molar-refractivity contribution is 7.90. The summed E-state index contributed by atoms with van der Waals surface area (Å²) in [5.41, 5.74) is 1.06. The third-order valence-corrected chi connectivity index (χ3v) is 7.25. The van der Waals surface area contributed by atoms with E-state index in [4.69, 9.17) is 0 Å². The van der Waals surface area contributed by atoms with E-state index < -0.39 is 19.9 Å². The first-order valence-corrected chi connectivity index (χ1v) is 10.6. The van der Waals surface area contributed by atoms with Crippen molar-refractivity contribution in [2.24, 2.45) is 0 Å². The standard InChI is InChI=1S/C14H17NO4S3/c1-11-8-9-20-14(11)10-15(2)22(18,19)13-6-4-12(5-7-13)21(3,16)17/h4-9H,10H2,1-3H3. The van der Waals surface area contributed by atoms with E-state index in [0.717, 1.165) is 16.7 Å². The van der Waals surface area contributed by atoms with Crippen molar-refractivity contribution in [3.05, 3.63) is 46.2 Å². The van der Waals surface area contributed by atoms with Gasteiger partial charge in [0.15, 0.2) is 9.84 Å². The number of sulfonamides is 1. The molecule has 2 aromatic rings. The van der Waals surface area contributed by atoms with Crippen molar-refractivity contribution in [1.82, 2.24) is 4.31 Å². The van der Waals surface area contributed by atoms with Gasteiger partial charge < -0.3 is 0 Å². The maximum Gasteiger partial charge on any atom is 0.243 e. The number of rotatable bonds is 5. The molecule has 0 aliphatic heterocycles. The molecule has 0 N–H and O–H groups in total. The summed E-state index contributed by atoms with van der Waals surface area (Å²) in [6, 6.07) is 7.22. The molecule has 0 spiro atoms. The Labute approximate surface area is 135 Å². The van der Waals surface area contributed by atoms with E-state index in [9.17, 15) is 16.8 Å². The van der Waals surface area contributed by atoms with Gasteiger partial charge in [-0.25, -0.2) is 16.8 Å². The molecule has 0 unspecified atom stereocenters. The van der Waals surface area contributed by atoms with Crippen LogP contribution in [0.15, 0.2) is 45.5 Å². The second-order valence-electron chi connectivity index (χ2n) is 5.03. The van der Waals surface area contributed by atoms with Crippen LogP contribution < -0.4 is 0 Å². The molecule has 1 aromatic carbocycles. The van der Waals surface area contributed by atoms with Crippen LogP contribution in [-0.2, 0) is 26.4 Å². The molecule has 0 amide bonds. The van der Waals surface area contributed by atoms with E-state index in [1.54, 1.807) is 0 Å². The lowest BCUT2D eigenvalue weighted by atomic mass is 10.3. The van der Waals surface area contributed by atoms with Gasteiger partial charge in [-0.1, -0.05) is 0 Å². The monoisotopic (exact) mass is 359 g/mol. The topological polar surface area (TPSA) is 71.5 Å². The van der Waals surface area contributed by atoms with Gasteiger partial charge in [0, 0.05) is 24.7 Å². The molecule has 0 saturated heterocycles. The summed E-state index contributed by atoms with van der Waals surface area (Å²) < 4.78 is 49.1. The predicted octanol–water partition coefficient (Wildman–Crippen LogP) is 2.28. The molecule has 120 valence electrons. The Hall–Kier alpha value is -1.22. The molecular weight excluding hydrogens is 342 g/mol. The predicted molar refractivity (Wildman–Crippen MR) is 87.3 cm³/mol. The van der Waals surface area contributed by atoms with Gasteiger partial charge in [0.1, 0.15) is 0 Å². The van der Waals surface area contributed by atoms with Gasteiger partial charge in [0.05, 0.1) is 9.79 Å². The van der Waals surface area contributed by atoms with Gasteiger partial charge in [-0.05, 0) is 48.2 Å². The molecule has 8 heteroatoms. The lowest BCUT2D eigenvalue weighted by Gasteiger charge is -2.17. The second-order valence-corrected chi connectivity index (χ2v) is 10.1. The molecule has 0 bridgehead atoms. The Kier molecular flexibility index (Phi) is 4.76. The molecule has 5 nitrogen and oxygen atoms in total. The van der Waals surface area contributed by atoms with Crippen molar-refractivity contribution in [1.29, 1.82) is 0 Å². The van der Waals surface area contributed by atoms with Crippen molar-refractivity contribution in [2.45, 2.75) is 23.3 Å². The van der Waals surface area contributed by atoms with Crippen molar-refractivity contribution in [3.8, 4) is 0 Å². The Balaban J connectivity index is 2.28. The fourth-order valence-electron chi connectivity index (χ4n) is 1.89. The minimum Gasteiger partial charge on any atom is -0.224 e. The quantitative estimate of drug-likeness (QED) is 0.821. The summed E-state index contributed by atoms with van der Waals surface area (Å²) in [4.78, 5) is 1.17. The lowest BCUT2D eigenvalue weighted by molar-refractivity contribution is 0.469. The Morgan fingerprint density at radius 3 is 2.00 bits per heavy atom. The maximum absolute atomic E-state index is 12.5. The van der Waals surface area contributed by atoms with E-state index in [1.807, 2.05) is 18.4 Å². The summed E-state index contributed by atoms with van der Waals surface area (Å²) in [6.45, 7) is 2.23. The van der Waals surface area contributed by atoms with Crippen LogP contribution >= 0.6 is 11.3 Å². The third-order valence-electron chi connectivity index (χ3n) is 3.29. The zero-order chi connectivity index (χ0) is 16.5. The van der Waals surface area contributed by atoms with Gasteiger partial charge in [0.2, 0.25) is 10.0 Å². The molecule has 1 aromatic heterocycles. The average Bonchev–Trinajstić information content (AvgIpc) is 2.83. The second kappa shape index (κ2) is 6.11. The highest BCUT2D eigenvalue weighted by Gasteiger charge is 2.22. The minimum atomic E-state index is -3.65. The van der Waals surface area contributed by atoms with Crippen LogP contribution in [0.25, 0.3) is 0 Å². The SMILES string of the molecule is Cc1ccsc1CN(C)S(=O)(=O)c1ccc(S(C)(=O)=O)cc1. The number of hydrogen-bond acceptors (Lipinski definition) is 5. The van der Waals surface area contributed by atoms with E-state index in [2.05, 4.69) is 0 Å². The van der Waals surface area contributed by atoms with Crippen LogP contribution in [0.3, 0.4) is 0 Å². The molecule has 0 radical (unpaired) electrons. The molecule has 22 heavy (non-hydrogen) atoms. The van der Waals surface area contributed by atoms with Crippen LogP contribution in [0.4, 0.5) is 0 Å². The fourth-order valence-corrected chi connectivity index (χ4v) is 4.70. The normalized spacial score (nSPS) is 12.7. The first kappa shape index (κ1) is 17.1. The first-order chi connectivity index (χ1) is 10.1. The van der Waals surface area contributed by atoms with Gasteiger partial charge >= 0.3 is 0 Å². The van der Waals surface area contributed by atoms with E-state index in [0.29, 0.717) is 6.54 Å². The average molecular weight is 359 g/mol. The maximum atomic E-state index is 12.5. The van der Waals surface area contributed by atoms with Crippen LogP contribution in [-0.4, -0.2) is 34.4 Å². The first-order valence-electron chi connectivity index (χ1n) is 6.42. The number of thiophene rings is 1. The smallest absolute Gasteiger partial charge is 0.224 e. The number of aryl methyl sites for hydroxylation is 1. The van der Waals surface area contributed by atoms with Crippen LogP contribution in [0, 0.1) is 6.92 Å². The van der Waals surface area contributed by atoms with Gasteiger partial charge in [-0.2, -0.15) is 4.31 Å². The summed E-state index contributed by atoms with van der Waals surface area (Å²) in [6.07, 6.45) is 1.09. The lowest BCUT2D eigenvalue weighted by Crippen LogP contribution is -2.26. The molecule has 2 rings (SSSR count). The van der Waals surface area contributed by atoms with E-state index >= 15 is 0 Å². The molecule has 1 heterocycles. The summed E-state index contributed by atoms with van der Waals surface area (Å²) in [5, 5.41) is 1.92. The van der Waals surface area contributed by atoms with Crippen molar-refractivity contribution in [3.63, 3.8) is 0 Å². The Morgan fingerprint density at radius 1 is 1.00 bits per heavy atom. The van der Waals surface area contributed by atoms with Crippen LogP contribution in [0.5, 0.6) is 0 Å². The highest BCUT2D eigenvalue weighted by Crippen LogP contribution is 2.22. The minimum absolute atomic E-state index is 0.0802. The molecule has 0 fully saturated rings.